The van der Waals surface area contributed by atoms with E-state index in [0.29, 0.717) is 36.8 Å². The van der Waals surface area contributed by atoms with Crippen LogP contribution in [0.5, 0.6) is 0 Å². The Morgan fingerprint density at radius 3 is 2.83 bits per heavy atom. The zero-order chi connectivity index (χ0) is 20.2. The van der Waals surface area contributed by atoms with Crippen LogP contribution in [0.15, 0.2) is 59.1 Å². The molecule has 0 bridgehead atoms. The first-order valence-electron chi connectivity index (χ1n) is 9.57. The fourth-order valence-electron chi connectivity index (χ4n) is 3.45. The van der Waals surface area contributed by atoms with Crippen LogP contribution < -0.4 is 5.32 Å². The molecule has 1 saturated heterocycles. The Morgan fingerprint density at radius 2 is 2.03 bits per heavy atom. The lowest BCUT2D eigenvalue weighted by Gasteiger charge is -2.15. The number of carbonyl (C=O) groups excluding carboxylic acids is 2. The van der Waals surface area contributed by atoms with Crippen molar-refractivity contribution in [3.05, 3.63) is 83.0 Å². The second kappa shape index (κ2) is 8.26. The highest BCUT2D eigenvalue weighted by Gasteiger charge is 2.33. The van der Waals surface area contributed by atoms with Crippen LogP contribution in [0.1, 0.15) is 45.5 Å². The summed E-state index contributed by atoms with van der Waals surface area (Å²) in [7, 11) is 0. The molecule has 2 aromatic carbocycles. The largest absolute Gasteiger partial charge is 0.343 e. The van der Waals surface area contributed by atoms with Crippen molar-refractivity contribution in [2.24, 2.45) is 0 Å². The number of nitrogens with zero attached hydrogens (tertiary/aromatic N) is 3. The predicted octanol–water partition coefficient (Wildman–Crippen LogP) is 2.82. The third-order valence-electron chi connectivity index (χ3n) is 4.96. The number of amides is 2. The van der Waals surface area contributed by atoms with Gasteiger partial charge in [-0.3, -0.25) is 9.59 Å². The number of likely N-dealkylation sites (tertiary alicyclic amines) is 1. The molecule has 1 unspecified atom stereocenters. The molecule has 1 aromatic heterocycles. The normalized spacial score (nSPS) is 16.2. The van der Waals surface area contributed by atoms with E-state index in [9.17, 15) is 9.59 Å². The molecule has 2 heterocycles. The average Bonchev–Trinajstić information content (AvgIpc) is 3.34. The summed E-state index contributed by atoms with van der Waals surface area (Å²) in [4.78, 5) is 30.8. The maximum Gasteiger partial charge on any atom is 0.251 e. The summed E-state index contributed by atoms with van der Waals surface area (Å²) >= 11 is 0. The van der Waals surface area contributed by atoms with Crippen molar-refractivity contribution in [2.75, 3.05) is 6.54 Å². The Labute approximate surface area is 168 Å². The van der Waals surface area contributed by atoms with E-state index in [1.54, 1.807) is 6.07 Å². The number of benzene rings is 2. The molecule has 1 fully saturated rings. The van der Waals surface area contributed by atoms with Crippen molar-refractivity contribution in [2.45, 2.75) is 32.4 Å². The summed E-state index contributed by atoms with van der Waals surface area (Å²) in [5, 5.41) is 6.81. The van der Waals surface area contributed by atoms with E-state index in [0.717, 1.165) is 11.1 Å². The molecule has 29 heavy (non-hydrogen) atoms. The fraction of sp³-hybridized carbons (Fsp3) is 0.273. The van der Waals surface area contributed by atoms with E-state index in [4.69, 9.17) is 4.52 Å². The molecule has 0 radical (unpaired) electrons. The van der Waals surface area contributed by atoms with Gasteiger partial charge in [-0.1, -0.05) is 53.2 Å². The Kier molecular flexibility index (Phi) is 5.37. The molecule has 0 spiro atoms. The molecule has 148 valence electrons. The molecule has 7 heteroatoms. The summed E-state index contributed by atoms with van der Waals surface area (Å²) in [6.45, 7) is 3.22. The zero-order valence-corrected chi connectivity index (χ0v) is 16.2. The summed E-state index contributed by atoms with van der Waals surface area (Å²) in [6.07, 6.45) is 0.363. The topological polar surface area (TPSA) is 88.3 Å². The highest BCUT2D eigenvalue weighted by atomic mass is 16.5. The smallest absolute Gasteiger partial charge is 0.251 e. The van der Waals surface area contributed by atoms with Gasteiger partial charge >= 0.3 is 0 Å². The van der Waals surface area contributed by atoms with Gasteiger partial charge in [0.25, 0.3) is 5.91 Å². The summed E-state index contributed by atoms with van der Waals surface area (Å²) < 4.78 is 5.27. The Balaban J connectivity index is 1.34. The van der Waals surface area contributed by atoms with E-state index in [-0.39, 0.29) is 24.3 Å². The summed E-state index contributed by atoms with van der Waals surface area (Å²) in [5.74, 6) is 0.622. The molecule has 1 N–H and O–H groups in total. The lowest BCUT2D eigenvalue weighted by Crippen LogP contribution is -2.24. The van der Waals surface area contributed by atoms with Gasteiger partial charge in [0.1, 0.15) is 0 Å². The monoisotopic (exact) mass is 390 g/mol. The molecule has 3 aromatic rings. The number of nitrogens with one attached hydrogen (secondary N) is 1. The molecule has 7 nitrogen and oxygen atoms in total. The second-order valence-corrected chi connectivity index (χ2v) is 7.26. The van der Waals surface area contributed by atoms with Crippen molar-refractivity contribution in [3.8, 4) is 0 Å². The minimum absolute atomic E-state index is 0.0814. The number of rotatable bonds is 6. The van der Waals surface area contributed by atoms with Crippen LogP contribution in [0.25, 0.3) is 0 Å². The number of hydrogen-bond acceptors (Lipinski definition) is 5. The summed E-state index contributed by atoms with van der Waals surface area (Å²) in [6, 6.07) is 17.2. The van der Waals surface area contributed by atoms with Gasteiger partial charge in [-0.15, -0.1) is 0 Å². The van der Waals surface area contributed by atoms with Crippen LogP contribution in [0.3, 0.4) is 0 Å². The van der Waals surface area contributed by atoms with Gasteiger partial charge < -0.3 is 14.7 Å². The number of aromatic nitrogens is 2. The highest BCUT2D eigenvalue weighted by molar-refractivity contribution is 5.94. The minimum Gasteiger partial charge on any atom is -0.343 e. The maximum absolute atomic E-state index is 12.4. The second-order valence-electron chi connectivity index (χ2n) is 7.26. The first-order valence-corrected chi connectivity index (χ1v) is 9.57. The van der Waals surface area contributed by atoms with Crippen LogP contribution in [0, 0.1) is 6.92 Å². The fourth-order valence-corrected chi connectivity index (χ4v) is 3.45. The number of hydrogen-bond donors (Lipinski definition) is 1. The zero-order valence-electron chi connectivity index (χ0n) is 16.2. The highest BCUT2D eigenvalue weighted by Crippen LogP contribution is 2.27. The van der Waals surface area contributed by atoms with E-state index in [2.05, 4.69) is 15.5 Å². The first kappa shape index (κ1) is 18.9. The molecule has 1 aliphatic rings. The van der Waals surface area contributed by atoms with Crippen molar-refractivity contribution >= 4 is 11.8 Å². The SMILES string of the molecule is Cc1cccc(C(=O)NCc2nc(C3CC(=O)N(Cc4ccccc4)C3)no2)c1. The van der Waals surface area contributed by atoms with Gasteiger partial charge in [0, 0.05) is 31.0 Å². The Bertz CT molecular complexity index is 1020. The first-order chi connectivity index (χ1) is 14.1. The Morgan fingerprint density at radius 1 is 1.21 bits per heavy atom. The molecular weight excluding hydrogens is 368 g/mol. The van der Waals surface area contributed by atoms with Crippen molar-refractivity contribution in [3.63, 3.8) is 0 Å². The molecule has 0 aliphatic carbocycles. The number of carbonyl (C=O) groups is 2. The molecular formula is C22H22N4O3. The lowest BCUT2D eigenvalue weighted by molar-refractivity contribution is -0.128. The van der Waals surface area contributed by atoms with Crippen LogP contribution in [0.2, 0.25) is 0 Å². The third-order valence-corrected chi connectivity index (χ3v) is 4.96. The van der Waals surface area contributed by atoms with E-state index < -0.39 is 0 Å². The molecule has 1 aliphatic heterocycles. The standard InChI is InChI=1S/C22H22N4O3/c1-15-6-5-9-17(10-15)22(28)23-12-19-24-21(25-29-19)18-11-20(27)26(14-18)13-16-7-3-2-4-8-16/h2-10,18H,11-14H2,1H3,(H,23,28). The lowest BCUT2D eigenvalue weighted by atomic mass is 10.1. The van der Waals surface area contributed by atoms with E-state index >= 15 is 0 Å². The Hall–Kier alpha value is -3.48. The van der Waals surface area contributed by atoms with Gasteiger partial charge in [-0.2, -0.15) is 4.98 Å². The van der Waals surface area contributed by atoms with Gasteiger partial charge in [0.2, 0.25) is 11.8 Å². The van der Waals surface area contributed by atoms with Crippen molar-refractivity contribution in [1.82, 2.24) is 20.4 Å². The molecule has 1 atom stereocenters. The predicted molar refractivity (Wildman–Crippen MR) is 106 cm³/mol. The third kappa shape index (κ3) is 4.51. The molecule has 0 saturated carbocycles. The maximum atomic E-state index is 12.4. The van der Waals surface area contributed by atoms with Crippen molar-refractivity contribution < 1.29 is 14.1 Å². The molecule has 4 rings (SSSR count). The molecule has 2 amide bonds. The average molecular weight is 390 g/mol. The van der Waals surface area contributed by atoms with Crippen LogP contribution in [-0.2, 0) is 17.9 Å². The van der Waals surface area contributed by atoms with Crippen LogP contribution in [0.4, 0.5) is 0 Å². The minimum atomic E-state index is -0.196. The van der Waals surface area contributed by atoms with E-state index in [1.165, 1.54) is 0 Å². The van der Waals surface area contributed by atoms with Gasteiger partial charge in [-0.25, -0.2) is 0 Å². The quantitative estimate of drug-likeness (QED) is 0.699. The van der Waals surface area contributed by atoms with Crippen LogP contribution in [-0.4, -0.2) is 33.4 Å². The number of aryl methyl sites for hydroxylation is 1. The van der Waals surface area contributed by atoms with Crippen LogP contribution >= 0.6 is 0 Å². The summed E-state index contributed by atoms with van der Waals surface area (Å²) in [5.41, 5.74) is 2.69. The van der Waals surface area contributed by atoms with Gasteiger partial charge in [-0.05, 0) is 24.6 Å². The van der Waals surface area contributed by atoms with E-state index in [1.807, 2.05) is 60.4 Å². The van der Waals surface area contributed by atoms with Crippen molar-refractivity contribution in [1.29, 1.82) is 0 Å². The van der Waals surface area contributed by atoms with Gasteiger partial charge in [0.15, 0.2) is 5.82 Å². The van der Waals surface area contributed by atoms with Gasteiger partial charge in [0.05, 0.1) is 6.54 Å².